The molecule has 3 aliphatic rings. The largest absolute Gasteiger partial charge is 0.361 e. The molecule has 1 saturated heterocycles. The summed E-state index contributed by atoms with van der Waals surface area (Å²) >= 11 is 12.1. The minimum atomic E-state index is -0.00854. The maximum absolute atomic E-state index is 12.7. The number of benzene rings is 2. The van der Waals surface area contributed by atoms with Crippen molar-refractivity contribution in [3.05, 3.63) is 75.9 Å². The van der Waals surface area contributed by atoms with Gasteiger partial charge in [0.15, 0.2) is 0 Å². The molecular weight excluding hydrogens is 537 g/mol. The van der Waals surface area contributed by atoms with E-state index >= 15 is 0 Å². The Morgan fingerprint density at radius 1 is 1.00 bits per heavy atom. The van der Waals surface area contributed by atoms with E-state index in [1.807, 2.05) is 12.1 Å². The molecule has 4 nitrogen and oxygen atoms in total. The molecule has 2 aliphatic carbocycles. The van der Waals surface area contributed by atoms with E-state index in [-0.39, 0.29) is 18.3 Å². The average molecular weight is 573 g/mol. The van der Waals surface area contributed by atoms with E-state index in [1.54, 1.807) is 18.2 Å². The van der Waals surface area contributed by atoms with E-state index in [0.29, 0.717) is 33.8 Å². The number of amides is 1. The van der Waals surface area contributed by atoms with Gasteiger partial charge in [0.1, 0.15) is 0 Å². The lowest BCUT2D eigenvalue weighted by Gasteiger charge is -2.39. The van der Waals surface area contributed by atoms with Gasteiger partial charge in [0, 0.05) is 35.8 Å². The van der Waals surface area contributed by atoms with E-state index in [4.69, 9.17) is 23.2 Å². The van der Waals surface area contributed by atoms with Crippen LogP contribution in [0.2, 0.25) is 10.0 Å². The first kappa shape index (κ1) is 27.6. The second kappa shape index (κ2) is 12.0. The van der Waals surface area contributed by atoms with Crippen LogP contribution in [0.4, 0.5) is 0 Å². The number of rotatable bonds is 6. The second-order valence-corrected chi connectivity index (χ2v) is 12.2. The molecule has 38 heavy (non-hydrogen) atoms. The first-order valence-electron chi connectivity index (χ1n) is 13.8. The molecule has 2 saturated carbocycles. The third-order valence-electron chi connectivity index (χ3n) is 9.04. The maximum atomic E-state index is 12.7. The van der Waals surface area contributed by atoms with Crippen molar-refractivity contribution in [3.8, 4) is 0 Å². The van der Waals surface area contributed by atoms with Gasteiger partial charge in [-0.2, -0.15) is 0 Å². The quantitative estimate of drug-likeness (QED) is 0.297. The number of likely N-dealkylation sites (tertiary alicyclic amines) is 1. The molecule has 0 radical (unpaired) electrons. The zero-order valence-electron chi connectivity index (χ0n) is 21.5. The van der Waals surface area contributed by atoms with Crippen LogP contribution in [0.5, 0.6) is 0 Å². The molecule has 1 aliphatic heterocycles. The molecule has 7 heteroatoms. The fourth-order valence-electron chi connectivity index (χ4n) is 7.26. The Kier molecular flexibility index (Phi) is 8.74. The van der Waals surface area contributed by atoms with Crippen molar-refractivity contribution in [2.24, 2.45) is 17.8 Å². The van der Waals surface area contributed by atoms with Crippen LogP contribution in [0.1, 0.15) is 55.6 Å². The molecule has 3 fully saturated rings. The zero-order valence-corrected chi connectivity index (χ0v) is 23.9. The number of para-hydroxylation sites is 1. The Hall–Kier alpha value is -1.98. The van der Waals surface area contributed by atoms with Crippen molar-refractivity contribution in [1.29, 1.82) is 0 Å². The number of nitrogens with zero attached hydrogens (tertiary/aromatic N) is 1. The first-order valence-corrected chi connectivity index (χ1v) is 14.5. The van der Waals surface area contributed by atoms with Crippen LogP contribution in [0.3, 0.4) is 0 Å². The van der Waals surface area contributed by atoms with E-state index in [1.165, 1.54) is 74.6 Å². The minimum absolute atomic E-state index is 0. The summed E-state index contributed by atoms with van der Waals surface area (Å²) in [6.45, 7) is 3.59. The number of piperidine rings is 1. The molecule has 2 unspecified atom stereocenters. The Bertz CT molecular complexity index is 1280. The molecule has 2 heterocycles. The highest BCUT2D eigenvalue weighted by molar-refractivity contribution is 6.42. The standard InChI is InChI=1S/C31H35Cl2N3O.ClH/c32-27-9-5-20(17-28(27)33)6-10-30(37)35-31-23-7-8-24(31)16-21(15-23)19-36-13-11-22(12-14-36)26-18-34-29-4-2-1-3-25(26)29;/h1-6,9-10,17-18,21-24,31,34H,7-8,11-16,19H2,(H,35,37);1H/b10-6+;. The lowest BCUT2D eigenvalue weighted by Crippen LogP contribution is -2.46. The molecule has 1 aromatic heterocycles. The van der Waals surface area contributed by atoms with Crippen molar-refractivity contribution in [1.82, 2.24) is 15.2 Å². The Morgan fingerprint density at radius 2 is 1.74 bits per heavy atom. The third-order valence-corrected chi connectivity index (χ3v) is 9.78. The van der Waals surface area contributed by atoms with Gasteiger partial charge in [-0.15, -0.1) is 12.4 Å². The molecule has 2 N–H and O–H groups in total. The highest BCUT2D eigenvalue weighted by Gasteiger charge is 2.43. The predicted molar refractivity (Wildman–Crippen MR) is 160 cm³/mol. The lowest BCUT2D eigenvalue weighted by molar-refractivity contribution is -0.118. The molecule has 0 spiro atoms. The first-order chi connectivity index (χ1) is 18.0. The summed E-state index contributed by atoms with van der Waals surface area (Å²) in [5, 5.41) is 5.76. The van der Waals surface area contributed by atoms with Crippen molar-refractivity contribution < 1.29 is 4.79 Å². The van der Waals surface area contributed by atoms with Crippen LogP contribution in [-0.4, -0.2) is 41.5 Å². The molecule has 2 bridgehead atoms. The molecule has 1 amide bonds. The summed E-state index contributed by atoms with van der Waals surface area (Å²) in [4.78, 5) is 18.9. The van der Waals surface area contributed by atoms with Crippen molar-refractivity contribution >= 4 is 58.5 Å². The van der Waals surface area contributed by atoms with Gasteiger partial charge in [0.05, 0.1) is 10.0 Å². The zero-order chi connectivity index (χ0) is 25.4. The van der Waals surface area contributed by atoms with Gasteiger partial charge in [-0.1, -0.05) is 47.5 Å². The van der Waals surface area contributed by atoms with Crippen LogP contribution < -0.4 is 5.32 Å². The number of fused-ring (bicyclic) bond motifs is 3. The normalized spacial score (nSPS) is 26.1. The van der Waals surface area contributed by atoms with Crippen molar-refractivity contribution in [3.63, 3.8) is 0 Å². The molecular formula is C31H36Cl3N3O. The minimum Gasteiger partial charge on any atom is -0.361 e. The van der Waals surface area contributed by atoms with Crippen LogP contribution in [-0.2, 0) is 4.79 Å². The maximum Gasteiger partial charge on any atom is 0.244 e. The van der Waals surface area contributed by atoms with Crippen LogP contribution >= 0.6 is 35.6 Å². The van der Waals surface area contributed by atoms with Crippen LogP contribution in [0.25, 0.3) is 17.0 Å². The lowest BCUT2D eigenvalue weighted by atomic mass is 9.76. The number of hydrogen-bond acceptors (Lipinski definition) is 2. The Labute approximate surface area is 241 Å². The number of H-pyrrole nitrogens is 1. The summed E-state index contributed by atoms with van der Waals surface area (Å²) in [6.07, 6.45) is 13.1. The smallest absolute Gasteiger partial charge is 0.244 e. The van der Waals surface area contributed by atoms with Crippen molar-refractivity contribution in [2.75, 3.05) is 19.6 Å². The van der Waals surface area contributed by atoms with E-state index in [0.717, 1.165) is 11.5 Å². The SMILES string of the molecule is Cl.O=C(/C=C/c1ccc(Cl)c(Cl)c1)NC1C2CCC1CC(CN1CCC(c3c[nH]c4ccccc34)CC1)C2. The van der Waals surface area contributed by atoms with Crippen LogP contribution in [0, 0.1) is 17.8 Å². The topological polar surface area (TPSA) is 48.1 Å². The van der Waals surface area contributed by atoms with E-state index in [9.17, 15) is 4.79 Å². The summed E-state index contributed by atoms with van der Waals surface area (Å²) in [5.74, 6) is 2.61. The van der Waals surface area contributed by atoms with Gasteiger partial charge in [-0.3, -0.25) is 4.79 Å². The molecule has 202 valence electrons. The number of aromatic amines is 1. The fourth-order valence-corrected chi connectivity index (χ4v) is 7.57. The second-order valence-electron chi connectivity index (χ2n) is 11.3. The molecule has 2 atom stereocenters. The average Bonchev–Trinajstić information content (AvgIpc) is 3.43. The number of halogens is 3. The predicted octanol–water partition coefficient (Wildman–Crippen LogP) is 7.71. The number of nitrogens with one attached hydrogen (secondary N) is 2. The number of hydrogen-bond donors (Lipinski definition) is 2. The van der Waals surface area contributed by atoms with Gasteiger partial charge in [0.2, 0.25) is 5.91 Å². The van der Waals surface area contributed by atoms with Gasteiger partial charge in [0.25, 0.3) is 0 Å². The summed E-state index contributed by atoms with van der Waals surface area (Å²) in [5.41, 5.74) is 3.63. The van der Waals surface area contributed by atoms with Crippen LogP contribution in [0.15, 0.2) is 54.7 Å². The number of carbonyl (C=O) groups excluding carboxylic acids is 1. The van der Waals surface area contributed by atoms with E-state index in [2.05, 4.69) is 45.7 Å². The highest BCUT2D eigenvalue weighted by atomic mass is 35.5. The summed E-state index contributed by atoms with van der Waals surface area (Å²) in [7, 11) is 0. The highest BCUT2D eigenvalue weighted by Crippen LogP contribution is 2.45. The number of carbonyl (C=O) groups is 1. The van der Waals surface area contributed by atoms with Crippen molar-refractivity contribution in [2.45, 2.75) is 50.5 Å². The van der Waals surface area contributed by atoms with Gasteiger partial charge in [-0.25, -0.2) is 0 Å². The van der Waals surface area contributed by atoms with Gasteiger partial charge >= 0.3 is 0 Å². The summed E-state index contributed by atoms with van der Waals surface area (Å²) < 4.78 is 0. The Balaban J connectivity index is 0.00000294. The molecule has 3 aromatic rings. The molecule has 2 aromatic carbocycles. The van der Waals surface area contributed by atoms with Gasteiger partial charge < -0.3 is 15.2 Å². The van der Waals surface area contributed by atoms with Gasteiger partial charge in [-0.05, 0) is 111 Å². The molecule has 6 rings (SSSR count). The van der Waals surface area contributed by atoms with E-state index < -0.39 is 0 Å². The monoisotopic (exact) mass is 571 g/mol. The fraction of sp³-hybridized carbons (Fsp3) is 0.452. The Morgan fingerprint density at radius 3 is 2.47 bits per heavy atom. The third kappa shape index (κ3) is 5.94. The summed E-state index contributed by atoms with van der Waals surface area (Å²) in [6, 6.07) is 14.4. The number of aromatic nitrogens is 1.